The average molecular weight is 317 g/mol. The van der Waals surface area contributed by atoms with E-state index in [0.717, 1.165) is 17.7 Å². The Bertz CT molecular complexity index is 380. The Morgan fingerprint density at radius 2 is 1.72 bits per heavy atom. The minimum Gasteiger partial charge on any atom is -0.493 e. The van der Waals surface area contributed by atoms with Gasteiger partial charge in [0.05, 0.1) is 21.3 Å². The number of alkyl halides is 1. The molecule has 0 aliphatic heterocycles. The van der Waals surface area contributed by atoms with Crippen LogP contribution in [0, 0.1) is 0 Å². The first-order valence-electron chi connectivity index (χ1n) is 6.12. The van der Waals surface area contributed by atoms with Crippen molar-refractivity contribution in [3.8, 4) is 17.2 Å². The molecule has 0 N–H and O–H groups in total. The molecule has 102 valence electrons. The summed E-state index contributed by atoms with van der Waals surface area (Å²) in [6.07, 6.45) is 3.42. The van der Waals surface area contributed by atoms with Crippen LogP contribution in [0.1, 0.15) is 36.6 Å². The maximum atomic E-state index is 5.48. The Hall–Kier alpha value is -0.900. The topological polar surface area (TPSA) is 27.7 Å². The smallest absolute Gasteiger partial charge is 0.203 e. The maximum Gasteiger partial charge on any atom is 0.203 e. The molecule has 1 atom stereocenters. The number of rotatable bonds is 7. The van der Waals surface area contributed by atoms with E-state index in [2.05, 4.69) is 22.9 Å². The van der Waals surface area contributed by atoms with Crippen molar-refractivity contribution < 1.29 is 14.2 Å². The standard InChI is InChI=1S/C14H21BrO3/c1-5-6-7-11(15)10-8-9-12(16-2)14(18-4)13(10)17-3/h8-9,11H,5-7H2,1-4H3. The van der Waals surface area contributed by atoms with E-state index >= 15 is 0 Å². The highest BCUT2D eigenvalue weighted by Gasteiger charge is 2.20. The molecule has 1 rings (SSSR count). The molecular weight excluding hydrogens is 296 g/mol. The molecule has 0 amide bonds. The third kappa shape index (κ3) is 3.31. The van der Waals surface area contributed by atoms with Crippen LogP contribution in [-0.2, 0) is 0 Å². The lowest BCUT2D eigenvalue weighted by atomic mass is 10.0. The SMILES string of the molecule is CCCCC(Br)c1ccc(OC)c(OC)c1OC. The number of halogens is 1. The summed E-state index contributed by atoms with van der Waals surface area (Å²) >= 11 is 3.71. The number of benzene rings is 1. The van der Waals surface area contributed by atoms with E-state index in [4.69, 9.17) is 14.2 Å². The number of ether oxygens (including phenoxy) is 3. The Labute approximate surface area is 118 Å². The van der Waals surface area contributed by atoms with E-state index in [1.165, 1.54) is 12.8 Å². The van der Waals surface area contributed by atoms with Crippen LogP contribution in [0.5, 0.6) is 17.2 Å². The van der Waals surface area contributed by atoms with Gasteiger partial charge in [0, 0.05) is 10.4 Å². The largest absolute Gasteiger partial charge is 0.493 e. The zero-order chi connectivity index (χ0) is 13.5. The molecule has 0 radical (unpaired) electrons. The summed E-state index contributed by atoms with van der Waals surface area (Å²) in [5.41, 5.74) is 1.10. The first-order valence-corrected chi connectivity index (χ1v) is 7.04. The molecular formula is C14H21BrO3. The van der Waals surface area contributed by atoms with E-state index in [1.807, 2.05) is 12.1 Å². The van der Waals surface area contributed by atoms with Crippen LogP contribution < -0.4 is 14.2 Å². The predicted molar refractivity (Wildman–Crippen MR) is 77.3 cm³/mol. The van der Waals surface area contributed by atoms with Crippen molar-refractivity contribution in [3.05, 3.63) is 17.7 Å². The fourth-order valence-electron chi connectivity index (χ4n) is 1.91. The number of hydrogen-bond donors (Lipinski definition) is 0. The lowest BCUT2D eigenvalue weighted by Crippen LogP contribution is -2.00. The van der Waals surface area contributed by atoms with Crippen molar-refractivity contribution in [2.45, 2.75) is 31.0 Å². The predicted octanol–water partition coefficient (Wildman–Crippen LogP) is 4.34. The first kappa shape index (κ1) is 15.2. The summed E-state index contributed by atoms with van der Waals surface area (Å²) in [7, 11) is 4.90. The fraction of sp³-hybridized carbons (Fsp3) is 0.571. The van der Waals surface area contributed by atoms with E-state index < -0.39 is 0 Å². The van der Waals surface area contributed by atoms with Gasteiger partial charge < -0.3 is 14.2 Å². The van der Waals surface area contributed by atoms with E-state index in [9.17, 15) is 0 Å². The minimum atomic E-state index is 0.271. The third-order valence-electron chi connectivity index (χ3n) is 2.88. The molecule has 1 aromatic rings. The van der Waals surface area contributed by atoms with Crippen molar-refractivity contribution in [1.29, 1.82) is 0 Å². The van der Waals surface area contributed by atoms with Crippen molar-refractivity contribution in [1.82, 2.24) is 0 Å². The van der Waals surface area contributed by atoms with Crippen LogP contribution in [0.15, 0.2) is 12.1 Å². The third-order valence-corrected chi connectivity index (χ3v) is 3.83. The lowest BCUT2D eigenvalue weighted by Gasteiger charge is -2.18. The normalized spacial score (nSPS) is 12.1. The summed E-state index contributed by atoms with van der Waals surface area (Å²) in [6, 6.07) is 3.94. The van der Waals surface area contributed by atoms with Gasteiger partial charge in [-0.1, -0.05) is 41.8 Å². The van der Waals surface area contributed by atoms with Crippen LogP contribution in [0.25, 0.3) is 0 Å². The van der Waals surface area contributed by atoms with Gasteiger partial charge in [-0.3, -0.25) is 0 Å². The van der Waals surface area contributed by atoms with Gasteiger partial charge in [-0.05, 0) is 12.5 Å². The van der Waals surface area contributed by atoms with Crippen LogP contribution >= 0.6 is 15.9 Å². The van der Waals surface area contributed by atoms with Crippen molar-refractivity contribution >= 4 is 15.9 Å². The molecule has 0 fully saturated rings. The van der Waals surface area contributed by atoms with Crippen LogP contribution in [0.2, 0.25) is 0 Å². The molecule has 4 heteroatoms. The van der Waals surface area contributed by atoms with Crippen LogP contribution in [-0.4, -0.2) is 21.3 Å². The van der Waals surface area contributed by atoms with Gasteiger partial charge in [-0.2, -0.15) is 0 Å². The Balaban J connectivity index is 3.11. The van der Waals surface area contributed by atoms with Gasteiger partial charge >= 0.3 is 0 Å². The highest BCUT2D eigenvalue weighted by Crippen LogP contribution is 2.45. The second kappa shape index (κ2) is 7.52. The second-order valence-corrected chi connectivity index (χ2v) is 5.14. The molecule has 3 nitrogen and oxygen atoms in total. The molecule has 18 heavy (non-hydrogen) atoms. The maximum absolute atomic E-state index is 5.48. The van der Waals surface area contributed by atoms with Gasteiger partial charge in [-0.15, -0.1) is 0 Å². The van der Waals surface area contributed by atoms with Crippen molar-refractivity contribution in [2.75, 3.05) is 21.3 Å². The highest BCUT2D eigenvalue weighted by atomic mass is 79.9. The molecule has 0 aliphatic rings. The number of hydrogen-bond acceptors (Lipinski definition) is 3. The summed E-state index contributed by atoms with van der Waals surface area (Å²) in [6.45, 7) is 2.19. The Kier molecular flexibility index (Phi) is 6.33. The number of unbranched alkanes of at least 4 members (excludes halogenated alkanes) is 1. The Morgan fingerprint density at radius 3 is 2.22 bits per heavy atom. The van der Waals surface area contributed by atoms with Crippen molar-refractivity contribution in [3.63, 3.8) is 0 Å². The van der Waals surface area contributed by atoms with Crippen LogP contribution in [0.3, 0.4) is 0 Å². The number of methoxy groups -OCH3 is 3. The summed E-state index contributed by atoms with van der Waals surface area (Å²) < 4.78 is 16.1. The first-order chi connectivity index (χ1) is 8.69. The fourth-order valence-corrected chi connectivity index (χ4v) is 2.59. The highest BCUT2D eigenvalue weighted by molar-refractivity contribution is 9.09. The van der Waals surface area contributed by atoms with E-state index in [0.29, 0.717) is 11.5 Å². The molecule has 1 aromatic carbocycles. The minimum absolute atomic E-state index is 0.271. The van der Waals surface area contributed by atoms with Gasteiger partial charge in [0.1, 0.15) is 0 Å². The molecule has 1 unspecified atom stereocenters. The molecule has 0 aliphatic carbocycles. The zero-order valence-corrected chi connectivity index (χ0v) is 13.0. The van der Waals surface area contributed by atoms with Gasteiger partial charge in [-0.25, -0.2) is 0 Å². The zero-order valence-electron chi connectivity index (χ0n) is 11.5. The quantitative estimate of drug-likeness (QED) is 0.700. The van der Waals surface area contributed by atoms with Crippen molar-refractivity contribution in [2.24, 2.45) is 0 Å². The summed E-state index contributed by atoms with van der Waals surface area (Å²) in [5.74, 6) is 2.08. The average Bonchev–Trinajstić information content (AvgIpc) is 2.42. The van der Waals surface area contributed by atoms with Gasteiger partial charge in [0.25, 0.3) is 0 Å². The van der Waals surface area contributed by atoms with E-state index in [-0.39, 0.29) is 4.83 Å². The van der Waals surface area contributed by atoms with Gasteiger partial charge in [0.15, 0.2) is 11.5 Å². The monoisotopic (exact) mass is 316 g/mol. The molecule has 0 saturated carbocycles. The van der Waals surface area contributed by atoms with E-state index in [1.54, 1.807) is 21.3 Å². The molecule has 0 aromatic heterocycles. The molecule has 0 bridgehead atoms. The molecule has 0 spiro atoms. The second-order valence-electron chi connectivity index (χ2n) is 4.03. The summed E-state index contributed by atoms with van der Waals surface area (Å²) in [5, 5.41) is 0. The van der Waals surface area contributed by atoms with Gasteiger partial charge in [0.2, 0.25) is 5.75 Å². The molecule has 0 saturated heterocycles. The van der Waals surface area contributed by atoms with Crippen LogP contribution in [0.4, 0.5) is 0 Å². The lowest BCUT2D eigenvalue weighted by molar-refractivity contribution is 0.322. The Morgan fingerprint density at radius 1 is 1.06 bits per heavy atom. The summed E-state index contributed by atoms with van der Waals surface area (Å²) in [4.78, 5) is 0.271. The molecule has 0 heterocycles.